The number of ether oxygens (including phenoxy) is 1. The molecule has 2 atom stereocenters. The lowest BCUT2D eigenvalue weighted by molar-refractivity contribution is -0.114. The molecule has 0 aromatic rings. The molecule has 0 heterocycles. The molecule has 0 aliphatic heterocycles. The lowest BCUT2D eigenvalue weighted by atomic mass is 9.64. The van der Waals surface area contributed by atoms with Gasteiger partial charge in [-0.05, 0) is 53.8 Å². The molecule has 108 valence electrons. The van der Waals surface area contributed by atoms with Crippen LogP contribution in [0, 0.1) is 5.41 Å². The highest BCUT2D eigenvalue weighted by atomic mass is 16.5. The van der Waals surface area contributed by atoms with Crippen LogP contribution in [0.25, 0.3) is 0 Å². The van der Waals surface area contributed by atoms with Crippen molar-refractivity contribution in [3.8, 4) is 0 Å². The van der Waals surface area contributed by atoms with E-state index in [-0.39, 0.29) is 0 Å². The fraction of sp³-hybridized carbons (Fsp3) is 1.00. The summed E-state index contributed by atoms with van der Waals surface area (Å²) in [5, 5.41) is 3.69. The van der Waals surface area contributed by atoms with E-state index in [0.717, 1.165) is 13.2 Å². The van der Waals surface area contributed by atoms with Crippen molar-refractivity contribution in [3.05, 3.63) is 0 Å². The minimum Gasteiger partial charge on any atom is -0.378 e. The van der Waals surface area contributed by atoms with Gasteiger partial charge in [0.15, 0.2) is 0 Å². The van der Waals surface area contributed by atoms with E-state index in [9.17, 15) is 0 Å². The molecular weight excluding hydrogens is 224 g/mol. The third kappa shape index (κ3) is 3.94. The zero-order chi connectivity index (χ0) is 13.8. The second-order valence-corrected chi connectivity index (χ2v) is 6.44. The van der Waals surface area contributed by atoms with Gasteiger partial charge in [0.2, 0.25) is 0 Å². The van der Waals surface area contributed by atoms with Crippen molar-refractivity contribution in [2.24, 2.45) is 5.41 Å². The van der Waals surface area contributed by atoms with Gasteiger partial charge in [-0.2, -0.15) is 0 Å². The minimum absolute atomic E-state index is 0.292. The summed E-state index contributed by atoms with van der Waals surface area (Å²) in [5.41, 5.74) is 0.292. The average molecular weight is 256 g/mol. The van der Waals surface area contributed by atoms with E-state index < -0.39 is 0 Å². The van der Waals surface area contributed by atoms with Gasteiger partial charge in [0.25, 0.3) is 0 Å². The Morgan fingerprint density at radius 2 is 2.06 bits per heavy atom. The van der Waals surface area contributed by atoms with Crippen LogP contribution in [0.1, 0.15) is 47.5 Å². The molecule has 3 nitrogen and oxygen atoms in total. The van der Waals surface area contributed by atoms with Crippen molar-refractivity contribution >= 4 is 0 Å². The monoisotopic (exact) mass is 256 g/mol. The molecule has 18 heavy (non-hydrogen) atoms. The first-order valence-corrected chi connectivity index (χ1v) is 7.44. The molecule has 1 rings (SSSR count). The molecule has 1 N–H and O–H groups in total. The molecular formula is C15H32N2O. The number of hydrogen-bond acceptors (Lipinski definition) is 3. The second kappa shape index (κ2) is 6.88. The topological polar surface area (TPSA) is 24.5 Å². The number of nitrogens with zero attached hydrogens (tertiary/aromatic N) is 1. The zero-order valence-corrected chi connectivity index (χ0v) is 13.1. The van der Waals surface area contributed by atoms with Crippen LogP contribution < -0.4 is 5.32 Å². The smallest absolute Gasteiger partial charge is 0.0655 e. The van der Waals surface area contributed by atoms with Crippen LogP contribution in [0.3, 0.4) is 0 Å². The predicted octanol–water partition coefficient (Wildman–Crippen LogP) is 2.51. The number of nitrogens with one attached hydrogen (secondary N) is 1. The maximum atomic E-state index is 5.75. The Morgan fingerprint density at radius 1 is 1.39 bits per heavy atom. The molecule has 3 heteroatoms. The van der Waals surface area contributed by atoms with Gasteiger partial charge >= 0.3 is 0 Å². The molecule has 0 saturated heterocycles. The largest absolute Gasteiger partial charge is 0.378 e. The molecule has 0 bridgehead atoms. The Kier molecular flexibility index (Phi) is 6.09. The third-order valence-electron chi connectivity index (χ3n) is 4.51. The molecule has 0 amide bonds. The predicted molar refractivity (Wildman–Crippen MR) is 78.0 cm³/mol. The summed E-state index contributed by atoms with van der Waals surface area (Å²) in [6, 6.07) is 1.27. The molecule has 1 aliphatic carbocycles. The lowest BCUT2D eigenvalue weighted by Gasteiger charge is -2.52. The Morgan fingerprint density at radius 3 is 2.56 bits per heavy atom. The summed E-state index contributed by atoms with van der Waals surface area (Å²) in [5.74, 6) is 0. The van der Waals surface area contributed by atoms with Gasteiger partial charge in [-0.3, -0.25) is 0 Å². The first-order chi connectivity index (χ1) is 8.39. The summed E-state index contributed by atoms with van der Waals surface area (Å²) < 4.78 is 5.75. The van der Waals surface area contributed by atoms with Crippen molar-refractivity contribution in [3.63, 3.8) is 0 Å². The van der Waals surface area contributed by atoms with E-state index in [1.165, 1.54) is 19.4 Å². The van der Waals surface area contributed by atoms with Crippen LogP contribution in [-0.4, -0.2) is 49.8 Å². The average Bonchev–Trinajstić information content (AvgIpc) is 2.31. The van der Waals surface area contributed by atoms with E-state index >= 15 is 0 Å². The van der Waals surface area contributed by atoms with Crippen LogP contribution in [0.2, 0.25) is 0 Å². The van der Waals surface area contributed by atoms with E-state index in [2.05, 4.69) is 51.9 Å². The van der Waals surface area contributed by atoms with Crippen LogP contribution in [0.4, 0.5) is 0 Å². The fourth-order valence-electron chi connectivity index (χ4n) is 2.58. The fourth-order valence-corrected chi connectivity index (χ4v) is 2.58. The van der Waals surface area contributed by atoms with Crippen molar-refractivity contribution in [1.29, 1.82) is 0 Å². The summed E-state index contributed by atoms with van der Waals surface area (Å²) in [7, 11) is 2.20. The Hall–Kier alpha value is -0.120. The Bertz CT molecular complexity index is 241. The maximum absolute atomic E-state index is 5.75. The molecule has 0 aromatic heterocycles. The summed E-state index contributed by atoms with van der Waals surface area (Å²) in [4.78, 5) is 2.40. The summed E-state index contributed by atoms with van der Waals surface area (Å²) >= 11 is 0. The maximum Gasteiger partial charge on any atom is 0.0655 e. The standard InChI is InChI=1S/C15H32N2O/c1-7-18-14-11-13(15(14,4)5)16-9-8-10-17(6)12(2)3/h12-14,16H,7-11H2,1-6H3. The van der Waals surface area contributed by atoms with Gasteiger partial charge in [0.05, 0.1) is 6.10 Å². The molecule has 2 unspecified atom stereocenters. The van der Waals surface area contributed by atoms with Gasteiger partial charge in [-0.1, -0.05) is 13.8 Å². The van der Waals surface area contributed by atoms with Gasteiger partial charge in [0, 0.05) is 24.1 Å². The van der Waals surface area contributed by atoms with E-state index in [1.807, 2.05) is 0 Å². The Balaban J connectivity index is 2.14. The number of hydrogen-bond donors (Lipinski definition) is 1. The highest BCUT2D eigenvalue weighted by molar-refractivity contribution is 5.02. The molecule has 0 spiro atoms. The van der Waals surface area contributed by atoms with Crippen molar-refractivity contribution in [2.75, 3.05) is 26.7 Å². The first kappa shape index (κ1) is 15.9. The highest BCUT2D eigenvalue weighted by Crippen LogP contribution is 2.42. The van der Waals surface area contributed by atoms with E-state index in [4.69, 9.17) is 4.74 Å². The van der Waals surface area contributed by atoms with Gasteiger partial charge in [0.1, 0.15) is 0 Å². The van der Waals surface area contributed by atoms with Gasteiger partial charge in [-0.25, -0.2) is 0 Å². The van der Waals surface area contributed by atoms with Gasteiger partial charge in [-0.15, -0.1) is 0 Å². The lowest BCUT2D eigenvalue weighted by Crippen LogP contribution is -2.61. The molecule has 0 radical (unpaired) electrons. The number of rotatable bonds is 8. The molecule has 0 aromatic carbocycles. The van der Waals surface area contributed by atoms with Gasteiger partial charge < -0.3 is 15.0 Å². The van der Waals surface area contributed by atoms with Crippen LogP contribution in [0.5, 0.6) is 0 Å². The van der Waals surface area contributed by atoms with Crippen molar-refractivity contribution < 1.29 is 4.74 Å². The molecule has 1 aliphatic rings. The van der Waals surface area contributed by atoms with Crippen LogP contribution in [0.15, 0.2) is 0 Å². The zero-order valence-electron chi connectivity index (χ0n) is 13.1. The summed E-state index contributed by atoms with van der Waals surface area (Å²) in [6.07, 6.45) is 2.83. The van der Waals surface area contributed by atoms with Crippen molar-refractivity contribution in [1.82, 2.24) is 10.2 Å². The molecule has 1 saturated carbocycles. The first-order valence-electron chi connectivity index (χ1n) is 7.44. The third-order valence-corrected chi connectivity index (χ3v) is 4.51. The quantitative estimate of drug-likeness (QED) is 0.675. The minimum atomic E-state index is 0.292. The molecule has 1 fully saturated rings. The Labute approximate surface area is 113 Å². The normalized spacial score (nSPS) is 26.7. The SMILES string of the molecule is CCOC1CC(NCCCN(C)C(C)C)C1(C)C. The van der Waals surface area contributed by atoms with Crippen LogP contribution in [-0.2, 0) is 4.74 Å². The van der Waals surface area contributed by atoms with E-state index in [1.54, 1.807) is 0 Å². The van der Waals surface area contributed by atoms with Crippen LogP contribution >= 0.6 is 0 Å². The van der Waals surface area contributed by atoms with Crippen molar-refractivity contribution in [2.45, 2.75) is 65.6 Å². The summed E-state index contributed by atoms with van der Waals surface area (Å²) in [6.45, 7) is 14.3. The highest BCUT2D eigenvalue weighted by Gasteiger charge is 2.48. The second-order valence-electron chi connectivity index (χ2n) is 6.44. The van der Waals surface area contributed by atoms with E-state index in [0.29, 0.717) is 23.6 Å².